The molecule has 0 saturated carbocycles. The van der Waals surface area contributed by atoms with E-state index in [4.69, 9.17) is 9.47 Å². The number of methoxy groups -OCH3 is 2. The predicted octanol–water partition coefficient (Wildman–Crippen LogP) is 4.52. The maximum absolute atomic E-state index is 13.5. The van der Waals surface area contributed by atoms with E-state index >= 15 is 0 Å². The molecule has 6 nitrogen and oxygen atoms in total. The van der Waals surface area contributed by atoms with Gasteiger partial charge in [0.2, 0.25) is 15.3 Å². The van der Waals surface area contributed by atoms with Gasteiger partial charge in [-0.1, -0.05) is 47.5 Å². The number of nitrogens with zero attached hydrogens (tertiary/aromatic N) is 1. The number of hydrogen-bond donors (Lipinski definition) is 0. The fraction of sp³-hybridized carbons (Fsp3) is 0.192. The number of pyridine rings is 1. The zero-order valence-corrected chi connectivity index (χ0v) is 19.8. The molecule has 33 heavy (non-hydrogen) atoms. The summed E-state index contributed by atoms with van der Waals surface area (Å²) in [5.74, 6) is 0.810. The quantitative estimate of drug-likeness (QED) is 0.420. The van der Waals surface area contributed by atoms with E-state index in [0.29, 0.717) is 23.6 Å². The van der Waals surface area contributed by atoms with Gasteiger partial charge in [-0.3, -0.25) is 4.79 Å². The molecule has 170 valence electrons. The fourth-order valence-electron chi connectivity index (χ4n) is 3.75. The van der Waals surface area contributed by atoms with Crippen LogP contribution in [0.15, 0.2) is 81.4 Å². The Labute approximate surface area is 192 Å². The third kappa shape index (κ3) is 4.24. The van der Waals surface area contributed by atoms with Crippen LogP contribution in [0.4, 0.5) is 0 Å². The van der Waals surface area contributed by atoms with Gasteiger partial charge in [0.05, 0.1) is 30.0 Å². The van der Waals surface area contributed by atoms with Crippen LogP contribution in [0.5, 0.6) is 11.5 Å². The summed E-state index contributed by atoms with van der Waals surface area (Å²) in [5.41, 5.74) is 3.01. The number of ether oxygens (including phenoxy) is 2. The molecule has 0 radical (unpaired) electrons. The maximum Gasteiger partial charge on any atom is 0.211 e. The molecule has 0 unspecified atom stereocenters. The summed E-state index contributed by atoms with van der Waals surface area (Å²) in [5, 5.41) is 0.243. The third-order valence-electron chi connectivity index (χ3n) is 5.65. The normalized spacial score (nSPS) is 11.5. The lowest BCUT2D eigenvalue weighted by Gasteiger charge is -2.16. The highest BCUT2D eigenvalue weighted by Gasteiger charge is 2.25. The average molecular weight is 464 g/mol. The summed E-state index contributed by atoms with van der Waals surface area (Å²) in [6.07, 6.45) is 1.42. The van der Waals surface area contributed by atoms with Gasteiger partial charge in [0.15, 0.2) is 11.5 Å². The van der Waals surface area contributed by atoms with Crippen molar-refractivity contribution in [3.63, 3.8) is 0 Å². The molecule has 4 aromatic rings. The van der Waals surface area contributed by atoms with E-state index in [1.54, 1.807) is 22.8 Å². The number of hydrogen-bond acceptors (Lipinski definition) is 5. The van der Waals surface area contributed by atoms with E-state index in [2.05, 4.69) is 0 Å². The van der Waals surface area contributed by atoms with Gasteiger partial charge in [0.25, 0.3) is 0 Å². The molecule has 0 amide bonds. The maximum atomic E-state index is 13.5. The SMILES string of the molecule is COc1cc2c(=O)c(S(=O)(=O)c3ccc(C)cc3)cn(Cc3ccc(C)cc3)c2cc1OC. The second kappa shape index (κ2) is 8.75. The van der Waals surface area contributed by atoms with Crippen LogP contribution in [-0.2, 0) is 16.4 Å². The zero-order valence-electron chi connectivity index (χ0n) is 19.0. The number of sulfone groups is 1. The van der Waals surface area contributed by atoms with Crippen LogP contribution in [0.3, 0.4) is 0 Å². The standard InChI is InChI=1S/C26H25NO5S/c1-17-5-9-19(10-6-17)15-27-16-25(33(29,30)20-11-7-18(2)8-12-20)26(28)21-13-23(31-3)24(32-4)14-22(21)27/h5-14,16H,15H2,1-4H3. The van der Waals surface area contributed by atoms with E-state index < -0.39 is 15.3 Å². The monoisotopic (exact) mass is 463 g/mol. The molecule has 0 fully saturated rings. The number of fused-ring (bicyclic) bond motifs is 1. The van der Waals surface area contributed by atoms with Crippen LogP contribution in [0.2, 0.25) is 0 Å². The van der Waals surface area contributed by atoms with Gasteiger partial charge >= 0.3 is 0 Å². The summed E-state index contributed by atoms with van der Waals surface area (Å²) in [4.78, 5) is 13.2. The molecule has 7 heteroatoms. The molecule has 1 aromatic heterocycles. The molecule has 0 N–H and O–H groups in total. The van der Waals surface area contributed by atoms with Crippen LogP contribution in [-0.4, -0.2) is 27.2 Å². The molecule has 1 heterocycles. The first kappa shape index (κ1) is 22.6. The molecule has 0 aliphatic carbocycles. The number of aryl methyl sites for hydroxylation is 2. The van der Waals surface area contributed by atoms with Crippen LogP contribution in [0.25, 0.3) is 10.9 Å². The molecule has 0 saturated heterocycles. The highest BCUT2D eigenvalue weighted by Crippen LogP contribution is 2.32. The third-order valence-corrected chi connectivity index (χ3v) is 7.41. The van der Waals surface area contributed by atoms with Gasteiger partial charge in [-0.05, 0) is 37.6 Å². The van der Waals surface area contributed by atoms with Gasteiger partial charge < -0.3 is 14.0 Å². The van der Waals surface area contributed by atoms with Crippen LogP contribution < -0.4 is 14.9 Å². The summed E-state index contributed by atoms with van der Waals surface area (Å²) in [7, 11) is -1.05. The Bertz CT molecular complexity index is 1490. The van der Waals surface area contributed by atoms with Crippen molar-refractivity contribution in [2.45, 2.75) is 30.2 Å². The Hall–Kier alpha value is -3.58. The topological polar surface area (TPSA) is 74.6 Å². The van der Waals surface area contributed by atoms with Crippen molar-refractivity contribution in [2.24, 2.45) is 0 Å². The molecule has 3 aromatic carbocycles. The zero-order chi connectivity index (χ0) is 23.8. The summed E-state index contributed by atoms with van der Waals surface area (Å²) >= 11 is 0. The van der Waals surface area contributed by atoms with Crippen molar-refractivity contribution in [1.29, 1.82) is 0 Å². The summed E-state index contributed by atoms with van der Waals surface area (Å²) in [6.45, 7) is 4.26. The second-order valence-electron chi connectivity index (χ2n) is 7.98. The molecule has 0 aliphatic rings. The Morgan fingerprint density at radius 3 is 1.94 bits per heavy atom. The molecule has 0 atom stereocenters. The highest BCUT2D eigenvalue weighted by atomic mass is 32.2. The predicted molar refractivity (Wildman–Crippen MR) is 128 cm³/mol. The highest BCUT2D eigenvalue weighted by molar-refractivity contribution is 7.91. The van der Waals surface area contributed by atoms with Crippen molar-refractivity contribution < 1.29 is 17.9 Å². The van der Waals surface area contributed by atoms with Crippen molar-refractivity contribution in [1.82, 2.24) is 4.57 Å². The van der Waals surface area contributed by atoms with Gasteiger partial charge in [-0.2, -0.15) is 0 Å². The van der Waals surface area contributed by atoms with Crippen molar-refractivity contribution in [2.75, 3.05) is 14.2 Å². The van der Waals surface area contributed by atoms with E-state index in [0.717, 1.165) is 16.7 Å². The van der Waals surface area contributed by atoms with Gasteiger partial charge in [0.1, 0.15) is 4.90 Å². The fourth-order valence-corrected chi connectivity index (χ4v) is 5.12. The minimum atomic E-state index is -4.04. The minimum Gasteiger partial charge on any atom is -0.493 e. The van der Waals surface area contributed by atoms with Crippen molar-refractivity contribution in [3.05, 3.63) is 93.8 Å². The van der Waals surface area contributed by atoms with Crippen LogP contribution in [0.1, 0.15) is 16.7 Å². The lowest BCUT2D eigenvalue weighted by molar-refractivity contribution is 0.355. The van der Waals surface area contributed by atoms with E-state index in [-0.39, 0.29) is 15.2 Å². The first-order valence-electron chi connectivity index (χ1n) is 10.4. The van der Waals surface area contributed by atoms with Crippen molar-refractivity contribution in [3.8, 4) is 11.5 Å². The summed E-state index contributed by atoms with van der Waals surface area (Å²) in [6, 6.07) is 17.7. The first-order valence-corrected chi connectivity index (χ1v) is 11.9. The molecular formula is C26H25NO5S. The Kier molecular flexibility index (Phi) is 5.99. The Morgan fingerprint density at radius 2 is 1.36 bits per heavy atom. The smallest absolute Gasteiger partial charge is 0.211 e. The average Bonchev–Trinajstić information content (AvgIpc) is 2.81. The van der Waals surface area contributed by atoms with Gasteiger partial charge in [-0.25, -0.2) is 8.42 Å². The molecule has 0 spiro atoms. The van der Waals surface area contributed by atoms with Crippen molar-refractivity contribution >= 4 is 20.7 Å². The lowest BCUT2D eigenvalue weighted by Crippen LogP contribution is -2.20. The first-order chi connectivity index (χ1) is 15.7. The van der Waals surface area contributed by atoms with Crippen LogP contribution in [0, 0.1) is 13.8 Å². The van der Waals surface area contributed by atoms with E-state index in [9.17, 15) is 13.2 Å². The van der Waals surface area contributed by atoms with Gasteiger partial charge in [0, 0.05) is 18.8 Å². The molecular weight excluding hydrogens is 438 g/mol. The minimum absolute atomic E-state index is 0.0758. The van der Waals surface area contributed by atoms with Crippen LogP contribution >= 0.6 is 0 Å². The molecule has 0 aliphatic heterocycles. The Balaban J connectivity index is 2.01. The number of benzene rings is 3. The van der Waals surface area contributed by atoms with Gasteiger partial charge in [-0.15, -0.1) is 0 Å². The number of rotatable bonds is 6. The second-order valence-corrected chi connectivity index (χ2v) is 9.89. The Morgan fingerprint density at radius 1 is 0.818 bits per heavy atom. The van der Waals surface area contributed by atoms with E-state index in [1.807, 2.05) is 38.1 Å². The molecule has 0 bridgehead atoms. The number of aromatic nitrogens is 1. The lowest BCUT2D eigenvalue weighted by atomic mass is 10.1. The summed E-state index contributed by atoms with van der Waals surface area (Å²) < 4.78 is 39.5. The molecule has 4 rings (SSSR count). The van der Waals surface area contributed by atoms with E-state index in [1.165, 1.54) is 38.6 Å². The largest absolute Gasteiger partial charge is 0.493 e.